The first-order chi connectivity index (χ1) is 12.7. The molecule has 0 spiro atoms. The second-order valence-electron chi connectivity index (χ2n) is 7.10. The number of hydrogen-bond donors (Lipinski definition) is 1. The number of piperidine rings is 1. The molecule has 0 aromatic heterocycles. The first kappa shape index (κ1) is 19.2. The van der Waals surface area contributed by atoms with Crippen LogP contribution in [0.3, 0.4) is 0 Å². The minimum Gasteiger partial charge on any atom is -0.465 e. The molecule has 6 heteroatoms. The van der Waals surface area contributed by atoms with Crippen LogP contribution in [0.15, 0.2) is 24.3 Å². The van der Waals surface area contributed by atoms with Crippen LogP contribution in [0.1, 0.15) is 46.4 Å². The lowest BCUT2D eigenvalue weighted by Gasteiger charge is -2.39. The van der Waals surface area contributed by atoms with E-state index in [0.717, 1.165) is 38.5 Å². The van der Waals surface area contributed by atoms with Gasteiger partial charge in [-0.05, 0) is 80.5 Å². The van der Waals surface area contributed by atoms with Gasteiger partial charge in [0, 0.05) is 18.2 Å². The Kier molecular flexibility index (Phi) is 6.97. The molecular weight excluding hydrogens is 348 g/mol. The van der Waals surface area contributed by atoms with E-state index in [2.05, 4.69) is 26.7 Å². The summed E-state index contributed by atoms with van der Waals surface area (Å²) in [4.78, 5) is 26.4. The maximum atomic E-state index is 12.3. The van der Waals surface area contributed by atoms with E-state index in [1.807, 2.05) is 0 Å². The summed E-state index contributed by atoms with van der Waals surface area (Å²) in [5.41, 5.74) is 1.03. The summed E-state index contributed by atoms with van der Waals surface area (Å²) in [6, 6.07) is 7.38. The van der Waals surface area contributed by atoms with Crippen LogP contribution in [0, 0.1) is 5.92 Å². The van der Waals surface area contributed by atoms with Gasteiger partial charge >= 0.3 is 5.97 Å². The van der Waals surface area contributed by atoms with E-state index in [9.17, 15) is 9.59 Å². The number of ether oxygens (including phenoxy) is 1. The van der Waals surface area contributed by atoms with Crippen LogP contribution in [0.2, 0.25) is 0 Å². The fourth-order valence-corrected chi connectivity index (χ4v) is 4.87. The third-order valence-electron chi connectivity index (χ3n) is 5.48. The Labute approximate surface area is 159 Å². The lowest BCUT2D eigenvalue weighted by molar-refractivity contribution is 0.0600. The summed E-state index contributed by atoms with van der Waals surface area (Å²) in [5.74, 6) is 2.70. The van der Waals surface area contributed by atoms with E-state index >= 15 is 0 Å². The van der Waals surface area contributed by atoms with E-state index in [0.29, 0.717) is 17.0 Å². The molecular formula is C20H28N2O3S. The number of rotatable bonds is 5. The highest BCUT2D eigenvalue weighted by molar-refractivity contribution is 7.99. The van der Waals surface area contributed by atoms with E-state index < -0.39 is 0 Å². The van der Waals surface area contributed by atoms with Gasteiger partial charge < -0.3 is 15.0 Å². The fraction of sp³-hybridized carbons (Fsp3) is 0.600. The van der Waals surface area contributed by atoms with E-state index in [4.69, 9.17) is 0 Å². The zero-order valence-corrected chi connectivity index (χ0v) is 16.2. The van der Waals surface area contributed by atoms with Crippen molar-refractivity contribution in [3.05, 3.63) is 35.4 Å². The molecule has 2 aliphatic heterocycles. The van der Waals surface area contributed by atoms with Crippen molar-refractivity contribution >= 4 is 23.6 Å². The van der Waals surface area contributed by atoms with Crippen molar-refractivity contribution in [2.45, 2.75) is 31.7 Å². The van der Waals surface area contributed by atoms with Crippen LogP contribution in [-0.2, 0) is 4.74 Å². The van der Waals surface area contributed by atoms with Gasteiger partial charge in [-0.2, -0.15) is 11.8 Å². The summed E-state index contributed by atoms with van der Waals surface area (Å²) in [6.45, 7) is 3.04. The van der Waals surface area contributed by atoms with Gasteiger partial charge in [-0.3, -0.25) is 4.79 Å². The van der Waals surface area contributed by atoms with Gasteiger partial charge in [-0.15, -0.1) is 0 Å². The summed E-state index contributed by atoms with van der Waals surface area (Å²) in [5, 5.41) is 3.05. The summed E-state index contributed by atoms with van der Waals surface area (Å²) in [6.07, 6.45) is 4.97. The number of likely N-dealkylation sites (tertiary alicyclic amines) is 1. The molecule has 2 aliphatic rings. The van der Waals surface area contributed by atoms with Crippen molar-refractivity contribution in [2.24, 2.45) is 5.92 Å². The molecule has 0 aliphatic carbocycles. The minimum atomic E-state index is -0.389. The number of hydrogen-bond acceptors (Lipinski definition) is 5. The smallest absolute Gasteiger partial charge is 0.337 e. The molecule has 1 aromatic carbocycles. The van der Waals surface area contributed by atoms with Crippen molar-refractivity contribution in [2.75, 3.05) is 38.2 Å². The predicted octanol–water partition coefficient (Wildman–Crippen LogP) is 2.81. The Morgan fingerprint density at radius 1 is 1.08 bits per heavy atom. The Morgan fingerprint density at radius 3 is 2.31 bits per heavy atom. The Morgan fingerprint density at radius 2 is 1.69 bits per heavy atom. The number of thioether (sulfide) groups is 1. The van der Waals surface area contributed by atoms with Crippen molar-refractivity contribution in [3.63, 3.8) is 0 Å². The zero-order chi connectivity index (χ0) is 18.4. The highest BCUT2D eigenvalue weighted by Crippen LogP contribution is 2.26. The lowest BCUT2D eigenvalue weighted by Crippen LogP contribution is -2.45. The van der Waals surface area contributed by atoms with Crippen molar-refractivity contribution in [3.8, 4) is 0 Å². The van der Waals surface area contributed by atoms with Gasteiger partial charge in [0.25, 0.3) is 5.91 Å². The third-order valence-corrected chi connectivity index (χ3v) is 6.52. The largest absolute Gasteiger partial charge is 0.465 e. The van der Waals surface area contributed by atoms with Crippen LogP contribution in [0.5, 0.6) is 0 Å². The lowest BCUT2D eigenvalue weighted by atomic mass is 9.94. The maximum absolute atomic E-state index is 12.3. The molecule has 26 heavy (non-hydrogen) atoms. The SMILES string of the molecule is COC(=O)c1ccc(C(=O)NCC2CCN(C3CCSCC3)CC2)cc1. The van der Waals surface area contributed by atoms with Crippen molar-refractivity contribution in [1.29, 1.82) is 0 Å². The van der Waals surface area contributed by atoms with Crippen LogP contribution < -0.4 is 5.32 Å². The van der Waals surface area contributed by atoms with Crippen molar-refractivity contribution < 1.29 is 14.3 Å². The number of nitrogens with one attached hydrogen (secondary N) is 1. The second-order valence-corrected chi connectivity index (χ2v) is 8.33. The number of carbonyl (C=O) groups is 2. The molecule has 1 N–H and O–H groups in total. The summed E-state index contributed by atoms with van der Waals surface area (Å²) >= 11 is 2.08. The van der Waals surface area contributed by atoms with Gasteiger partial charge in [0.1, 0.15) is 0 Å². The molecule has 1 aromatic rings. The van der Waals surface area contributed by atoms with Crippen molar-refractivity contribution in [1.82, 2.24) is 10.2 Å². The molecule has 2 saturated heterocycles. The average Bonchev–Trinajstić information content (AvgIpc) is 2.72. The number of benzene rings is 1. The first-order valence-electron chi connectivity index (χ1n) is 9.45. The van der Waals surface area contributed by atoms with E-state index in [1.165, 1.54) is 31.5 Å². The minimum absolute atomic E-state index is 0.0758. The van der Waals surface area contributed by atoms with E-state index in [1.54, 1.807) is 24.3 Å². The quantitative estimate of drug-likeness (QED) is 0.801. The highest BCUT2D eigenvalue weighted by Gasteiger charge is 2.26. The maximum Gasteiger partial charge on any atom is 0.337 e. The molecule has 0 saturated carbocycles. The van der Waals surface area contributed by atoms with Crippen LogP contribution in [0.25, 0.3) is 0 Å². The van der Waals surface area contributed by atoms with Gasteiger partial charge in [0.05, 0.1) is 12.7 Å². The summed E-state index contributed by atoms with van der Waals surface area (Å²) in [7, 11) is 1.35. The highest BCUT2D eigenvalue weighted by atomic mass is 32.2. The van der Waals surface area contributed by atoms with Crippen LogP contribution in [0.4, 0.5) is 0 Å². The first-order valence-corrected chi connectivity index (χ1v) is 10.6. The molecule has 5 nitrogen and oxygen atoms in total. The zero-order valence-electron chi connectivity index (χ0n) is 15.4. The third kappa shape index (κ3) is 5.01. The average molecular weight is 377 g/mol. The molecule has 142 valence electrons. The fourth-order valence-electron chi connectivity index (χ4n) is 3.79. The number of carbonyl (C=O) groups excluding carboxylic acids is 2. The monoisotopic (exact) mass is 376 g/mol. The predicted molar refractivity (Wildman–Crippen MR) is 105 cm³/mol. The Hall–Kier alpha value is -1.53. The Balaban J connectivity index is 1.41. The topological polar surface area (TPSA) is 58.6 Å². The number of nitrogens with zero attached hydrogens (tertiary/aromatic N) is 1. The van der Waals surface area contributed by atoms with Gasteiger partial charge in [-0.25, -0.2) is 4.79 Å². The molecule has 3 rings (SSSR count). The van der Waals surface area contributed by atoms with Crippen LogP contribution in [-0.4, -0.2) is 61.1 Å². The number of esters is 1. The van der Waals surface area contributed by atoms with Gasteiger partial charge in [-0.1, -0.05) is 0 Å². The van der Waals surface area contributed by atoms with Gasteiger partial charge in [0.15, 0.2) is 0 Å². The molecule has 0 bridgehead atoms. The molecule has 0 unspecified atom stereocenters. The molecule has 0 atom stereocenters. The number of amides is 1. The van der Waals surface area contributed by atoms with Gasteiger partial charge in [0.2, 0.25) is 0 Å². The molecule has 2 fully saturated rings. The summed E-state index contributed by atoms with van der Waals surface area (Å²) < 4.78 is 4.67. The molecule has 1 amide bonds. The Bertz CT molecular complexity index is 606. The van der Waals surface area contributed by atoms with E-state index in [-0.39, 0.29) is 11.9 Å². The number of methoxy groups -OCH3 is 1. The molecule has 2 heterocycles. The normalized spacial score (nSPS) is 19.9. The second kappa shape index (κ2) is 9.42. The molecule has 0 radical (unpaired) electrons. The van der Waals surface area contributed by atoms with Crippen LogP contribution >= 0.6 is 11.8 Å². The standard InChI is InChI=1S/C20H28N2O3S/c1-25-20(24)17-4-2-16(3-5-17)19(23)21-14-15-6-10-22(11-7-15)18-8-12-26-13-9-18/h2-5,15,18H,6-14H2,1H3,(H,21,23).